The smallest absolute Gasteiger partial charge is 0.308 e. The third kappa shape index (κ3) is 9.01. The quantitative estimate of drug-likeness (QED) is 0.190. The van der Waals surface area contributed by atoms with Crippen LogP contribution in [0.1, 0.15) is 67.2 Å². The second kappa shape index (κ2) is 13.7. The van der Waals surface area contributed by atoms with E-state index in [-0.39, 0.29) is 72.2 Å². The number of rotatable bonds is 10. The van der Waals surface area contributed by atoms with E-state index in [1.54, 1.807) is 13.0 Å². The van der Waals surface area contributed by atoms with Crippen LogP contribution in [0, 0.1) is 11.8 Å². The zero-order valence-corrected chi connectivity index (χ0v) is 24.3. The fourth-order valence-corrected chi connectivity index (χ4v) is 5.42. The molecule has 9 heteroatoms. The molecule has 9 nitrogen and oxygen atoms in total. The molecule has 9 atom stereocenters. The van der Waals surface area contributed by atoms with Crippen molar-refractivity contribution in [3.05, 3.63) is 36.0 Å². The summed E-state index contributed by atoms with van der Waals surface area (Å²) in [5, 5.41) is 3.01. The molecule has 0 bridgehead atoms. The number of methoxy groups -OCH3 is 1. The lowest BCUT2D eigenvalue weighted by Crippen LogP contribution is -2.50. The minimum Gasteiger partial charge on any atom is -0.469 e. The molecule has 39 heavy (non-hydrogen) atoms. The molecular weight excluding hydrogens is 502 g/mol. The number of carbonyl (C=O) groups is 3. The minimum absolute atomic E-state index is 0.0495. The molecule has 0 radical (unpaired) electrons. The first-order chi connectivity index (χ1) is 18.4. The summed E-state index contributed by atoms with van der Waals surface area (Å²) < 4.78 is 28.2. The monoisotopic (exact) mass is 547 g/mol. The summed E-state index contributed by atoms with van der Waals surface area (Å²) in [6.45, 7) is 12.1. The van der Waals surface area contributed by atoms with Crippen molar-refractivity contribution in [2.45, 2.75) is 109 Å². The number of hydrogen-bond acceptors (Lipinski definition) is 8. The van der Waals surface area contributed by atoms with Crippen molar-refractivity contribution in [2.75, 3.05) is 13.7 Å². The second-order valence-electron chi connectivity index (χ2n) is 11.3. The van der Waals surface area contributed by atoms with Crippen LogP contribution in [0.2, 0.25) is 0 Å². The average molecular weight is 548 g/mol. The van der Waals surface area contributed by atoms with Crippen molar-refractivity contribution in [2.24, 2.45) is 11.8 Å². The van der Waals surface area contributed by atoms with Gasteiger partial charge < -0.3 is 29.0 Å². The van der Waals surface area contributed by atoms with Crippen LogP contribution in [-0.4, -0.2) is 73.7 Å². The van der Waals surface area contributed by atoms with Crippen molar-refractivity contribution < 1.29 is 38.1 Å². The molecule has 0 aromatic carbocycles. The van der Waals surface area contributed by atoms with Gasteiger partial charge in [0.15, 0.2) is 0 Å². The molecule has 0 saturated carbocycles. The number of carbonyl (C=O) groups excluding carboxylic acids is 3. The maximum Gasteiger partial charge on any atom is 0.308 e. The van der Waals surface area contributed by atoms with E-state index < -0.39 is 6.10 Å². The van der Waals surface area contributed by atoms with E-state index in [0.29, 0.717) is 13.0 Å². The maximum atomic E-state index is 12.4. The van der Waals surface area contributed by atoms with E-state index in [1.165, 1.54) is 20.1 Å². The highest BCUT2D eigenvalue weighted by molar-refractivity contribution is 5.87. The highest BCUT2D eigenvalue weighted by Gasteiger charge is 2.56. The highest BCUT2D eigenvalue weighted by Crippen LogP contribution is 2.47. The zero-order valence-electron chi connectivity index (χ0n) is 24.3. The van der Waals surface area contributed by atoms with Crippen LogP contribution in [0.15, 0.2) is 36.0 Å². The molecule has 3 heterocycles. The summed E-state index contributed by atoms with van der Waals surface area (Å²) in [5.41, 5.74) is 0.908. The maximum absolute atomic E-state index is 12.4. The molecule has 9 unspecified atom stereocenters. The van der Waals surface area contributed by atoms with Gasteiger partial charge in [0.25, 0.3) is 0 Å². The third-order valence-corrected chi connectivity index (χ3v) is 8.02. The number of epoxide rings is 1. The van der Waals surface area contributed by atoms with E-state index in [1.807, 2.05) is 6.92 Å². The van der Waals surface area contributed by atoms with Crippen molar-refractivity contribution in [3.8, 4) is 0 Å². The predicted molar refractivity (Wildman–Crippen MR) is 146 cm³/mol. The number of amides is 1. The van der Waals surface area contributed by atoms with Gasteiger partial charge in [-0.15, -0.1) is 0 Å². The fourth-order valence-electron chi connectivity index (χ4n) is 5.42. The summed E-state index contributed by atoms with van der Waals surface area (Å²) in [7, 11) is 1.39. The number of ether oxygens (including phenoxy) is 5. The van der Waals surface area contributed by atoms with E-state index in [2.05, 4.69) is 44.3 Å². The Morgan fingerprint density at radius 1 is 1.13 bits per heavy atom. The van der Waals surface area contributed by atoms with Crippen molar-refractivity contribution >= 4 is 17.8 Å². The SMILES string of the molecule is COC(=O)CC1CC2(CO2)C(C)C(C=CC(C)=CCC2OC(C)C(NC(=O)C=CC(C)OC(C)=O)CC2C)O1. The second-order valence-corrected chi connectivity index (χ2v) is 11.3. The van der Waals surface area contributed by atoms with Crippen LogP contribution >= 0.6 is 0 Å². The van der Waals surface area contributed by atoms with E-state index >= 15 is 0 Å². The summed E-state index contributed by atoms with van der Waals surface area (Å²) in [5.74, 6) is -0.427. The minimum atomic E-state index is -0.460. The van der Waals surface area contributed by atoms with E-state index in [0.717, 1.165) is 18.4 Å². The Balaban J connectivity index is 1.50. The highest BCUT2D eigenvalue weighted by atomic mass is 16.6. The first-order valence-electron chi connectivity index (χ1n) is 13.9. The lowest BCUT2D eigenvalue weighted by Gasteiger charge is -2.39. The summed E-state index contributed by atoms with van der Waals surface area (Å²) in [6, 6.07) is -0.0951. The zero-order chi connectivity index (χ0) is 28.7. The largest absolute Gasteiger partial charge is 0.469 e. The first-order valence-corrected chi connectivity index (χ1v) is 13.9. The van der Waals surface area contributed by atoms with Gasteiger partial charge in [-0.05, 0) is 45.6 Å². The Morgan fingerprint density at radius 3 is 2.49 bits per heavy atom. The van der Waals surface area contributed by atoms with E-state index in [4.69, 9.17) is 23.7 Å². The van der Waals surface area contributed by atoms with Crippen LogP contribution < -0.4 is 5.32 Å². The number of allylic oxidation sites excluding steroid dienone is 2. The van der Waals surface area contributed by atoms with Crippen LogP contribution in [-0.2, 0) is 38.1 Å². The van der Waals surface area contributed by atoms with Crippen molar-refractivity contribution in [3.63, 3.8) is 0 Å². The Bertz CT molecular complexity index is 968. The molecule has 3 fully saturated rings. The molecular formula is C30H45NO8. The number of hydrogen-bond donors (Lipinski definition) is 1. The molecule has 1 spiro atoms. The van der Waals surface area contributed by atoms with Gasteiger partial charge in [-0.25, -0.2) is 0 Å². The Morgan fingerprint density at radius 2 is 1.85 bits per heavy atom. The molecule has 3 saturated heterocycles. The van der Waals surface area contributed by atoms with Crippen LogP contribution in [0.25, 0.3) is 0 Å². The molecule has 1 N–H and O–H groups in total. The van der Waals surface area contributed by atoms with Gasteiger partial charge >= 0.3 is 11.9 Å². The lowest BCUT2D eigenvalue weighted by atomic mass is 9.81. The van der Waals surface area contributed by atoms with Crippen molar-refractivity contribution in [1.82, 2.24) is 5.32 Å². The van der Waals surface area contributed by atoms with Crippen molar-refractivity contribution in [1.29, 1.82) is 0 Å². The molecule has 1 amide bonds. The van der Waals surface area contributed by atoms with Crippen LogP contribution in [0.3, 0.4) is 0 Å². The predicted octanol–water partition coefficient (Wildman–Crippen LogP) is 3.81. The van der Waals surface area contributed by atoms with Crippen LogP contribution in [0.5, 0.6) is 0 Å². The van der Waals surface area contributed by atoms with Gasteiger partial charge in [0.2, 0.25) is 5.91 Å². The third-order valence-electron chi connectivity index (χ3n) is 8.02. The van der Waals surface area contributed by atoms with Gasteiger partial charge in [0.05, 0.1) is 56.2 Å². The fraction of sp³-hybridized carbons (Fsp3) is 0.700. The number of nitrogens with one attached hydrogen (secondary N) is 1. The summed E-state index contributed by atoms with van der Waals surface area (Å²) in [4.78, 5) is 35.2. The number of esters is 2. The van der Waals surface area contributed by atoms with Gasteiger partial charge in [-0.3, -0.25) is 14.4 Å². The standard InChI is InChI=1S/C30H45NO8/c1-18(9-12-27-21(4)30(17-36-30)16-24(39-27)15-29(34)35-7)8-11-26-19(2)14-25(22(5)38-26)31-28(33)13-10-20(3)37-23(6)32/h8-10,12-13,19-22,24-27H,11,14-17H2,1-7H3,(H,31,33). The summed E-state index contributed by atoms with van der Waals surface area (Å²) in [6.07, 6.45) is 10.9. The molecule has 0 aromatic rings. The van der Waals surface area contributed by atoms with Gasteiger partial charge in [0.1, 0.15) is 6.10 Å². The Labute approximate surface area is 232 Å². The van der Waals surface area contributed by atoms with Gasteiger partial charge in [0, 0.05) is 25.3 Å². The summed E-state index contributed by atoms with van der Waals surface area (Å²) >= 11 is 0. The van der Waals surface area contributed by atoms with E-state index in [9.17, 15) is 14.4 Å². The van der Waals surface area contributed by atoms with Gasteiger partial charge in [-0.2, -0.15) is 0 Å². The van der Waals surface area contributed by atoms with Crippen LogP contribution in [0.4, 0.5) is 0 Å². The molecule has 3 rings (SSSR count). The Kier molecular flexibility index (Phi) is 10.9. The first kappa shape index (κ1) is 31.0. The lowest BCUT2D eigenvalue weighted by molar-refractivity contribution is -0.150. The molecule has 218 valence electrons. The average Bonchev–Trinajstić information content (AvgIpc) is 3.64. The normalized spacial score (nSPS) is 35.7. The molecule has 0 aromatic heterocycles. The van der Waals surface area contributed by atoms with Gasteiger partial charge in [-0.1, -0.05) is 37.6 Å². The topological polar surface area (TPSA) is 113 Å². The molecule has 3 aliphatic rings. The molecule has 3 aliphatic heterocycles. The molecule has 0 aliphatic carbocycles. The Hall–Kier alpha value is -2.49.